The van der Waals surface area contributed by atoms with Crippen molar-refractivity contribution in [2.45, 2.75) is 6.18 Å². The predicted octanol–water partition coefficient (Wildman–Crippen LogP) is 4.78. The molecule has 1 aromatic heterocycles. The molecule has 0 amide bonds. The van der Waals surface area contributed by atoms with Gasteiger partial charge in [-0.05, 0) is 50.1 Å². The highest BCUT2D eigenvalue weighted by atomic mass is 79.9. The van der Waals surface area contributed by atoms with Gasteiger partial charge in [-0.2, -0.15) is 13.2 Å². The molecule has 0 aliphatic carbocycles. The van der Waals surface area contributed by atoms with Crippen LogP contribution in [0.2, 0.25) is 0 Å². The molecule has 0 atom stereocenters. The van der Waals surface area contributed by atoms with E-state index in [0.717, 1.165) is 0 Å². The zero-order valence-electron chi connectivity index (χ0n) is 11.0. The summed E-state index contributed by atoms with van der Waals surface area (Å²) in [6, 6.07) is 8.31. The molecule has 4 nitrogen and oxygen atoms in total. The summed E-state index contributed by atoms with van der Waals surface area (Å²) in [6.45, 7) is 0. The second-order valence-corrected chi connectivity index (χ2v) is 6.17. The number of aromatic nitrogens is 2. The summed E-state index contributed by atoms with van der Waals surface area (Å²) in [5.41, 5.74) is 1.37. The first kappa shape index (κ1) is 16.1. The van der Waals surface area contributed by atoms with Gasteiger partial charge < -0.3 is 4.74 Å². The van der Waals surface area contributed by atoms with E-state index in [-0.39, 0.29) is 21.3 Å². The van der Waals surface area contributed by atoms with E-state index in [4.69, 9.17) is 0 Å². The largest absolute Gasteiger partial charge is 0.491 e. The molecule has 0 aliphatic rings. The summed E-state index contributed by atoms with van der Waals surface area (Å²) in [5, 5.41) is 0. The third-order valence-electron chi connectivity index (χ3n) is 2.91. The molecule has 3 rings (SSSR count). The van der Waals surface area contributed by atoms with Crippen molar-refractivity contribution in [2.75, 3.05) is 0 Å². The van der Waals surface area contributed by atoms with E-state index in [1.54, 1.807) is 24.3 Å². The van der Waals surface area contributed by atoms with E-state index >= 15 is 0 Å². The fraction of sp³-hybridized carbons (Fsp3) is 0.0714. The standard InChI is InChI=1S/C14H5Br2F3N2O2/c15-6-5-7(16)12(23-13(22)14(17,18)19)11-10(6)20-8-3-1-2-4-9(8)21-11/h1-5H. The van der Waals surface area contributed by atoms with Crippen LogP contribution >= 0.6 is 31.9 Å². The lowest BCUT2D eigenvalue weighted by molar-refractivity contribution is -0.189. The molecule has 0 unspecified atom stereocenters. The smallest absolute Gasteiger partial charge is 0.416 e. The number of carbonyl (C=O) groups is 1. The minimum absolute atomic E-state index is 0.0440. The molecule has 0 aliphatic heterocycles. The van der Waals surface area contributed by atoms with Gasteiger partial charge in [0, 0.05) is 4.47 Å². The average Bonchev–Trinajstić information content (AvgIpc) is 2.48. The van der Waals surface area contributed by atoms with Gasteiger partial charge in [-0.3, -0.25) is 0 Å². The number of benzene rings is 2. The minimum Gasteiger partial charge on any atom is -0.416 e. The van der Waals surface area contributed by atoms with Crippen molar-refractivity contribution < 1.29 is 22.7 Å². The number of carbonyl (C=O) groups excluding carboxylic acids is 1. The number of alkyl halides is 3. The molecular weight excluding hydrogens is 445 g/mol. The molecule has 23 heavy (non-hydrogen) atoms. The highest BCUT2D eigenvalue weighted by Gasteiger charge is 2.42. The molecule has 9 heteroatoms. The van der Waals surface area contributed by atoms with Crippen LogP contribution in [0.25, 0.3) is 22.1 Å². The highest BCUT2D eigenvalue weighted by Crippen LogP contribution is 2.38. The van der Waals surface area contributed by atoms with Crippen LogP contribution in [-0.2, 0) is 4.79 Å². The van der Waals surface area contributed by atoms with Crippen LogP contribution in [0.15, 0.2) is 39.3 Å². The first-order valence-electron chi connectivity index (χ1n) is 6.11. The van der Waals surface area contributed by atoms with Gasteiger partial charge in [-0.25, -0.2) is 14.8 Å². The average molecular weight is 450 g/mol. The molecule has 0 bridgehead atoms. The zero-order valence-corrected chi connectivity index (χ0v) is 14.2. The lowest BCUT2D eigenvalue weighted by atomic mass is 10.2. The fourth-order valence-corrected chi connectivity index (χ4v) is 3.24. The second-order valence-electron chi connectivity index (χ2n) is 4.47. The summed E-state index contributed by atoms with van der Waals surface area (Å²) < 4.78 is 42.5. The first-order valence-corrected chi connectivity index (χ1v) is 7.69. The maximum absolute atomic E-state index is 12.5. The molecule has 0 saturated carbocycles. The summed E-state index contributed by atoms with van der Waals surface area (Å²) in [7, 11) is 0. The molecule has 0 radical (unpaired) electrons. The minimum atomic E-state index is -5.11. The first-order chi connectivity index (χ1) is 10.8. The van der Waals surface area contributed by atoms with E-state index < -0.39 is 12.1 Å². The molecule has 1 heterocycles. The fourth-order valence-electron chi connectivity index (χ4n) is 1.93. The molecule has 2 aromatic carbocycles. The Morgan fingerprint density at radius 3 is 2.13 bits per heavy atom. The second kappa shape index (κ2) is 5.72. The lowest BCUT2D eigenvalue weighted by Crippen LogP contribution is -2.28. The summed E-state index contributed by atoms with van der Waals surface area (Å²) in [4.78, 5) is 19.8. The van der Waals surface area contributed by atoms with Crippen LogP contribution in [0.5, 0.6) is 5.75 Å². The number of para-hydroxylation sites is 2. The SMILES string of the molecule is O=C(Oc1c(Br)cc(Br)c2nc3ccccc3nc12)C(F)(F)F. The van der Waals surface area contributed by atoms with E-state index in [0.29, 0.717) is 15.5 Å². The molecule has 0 fully saturated rings. The molecule has 0 N–H and O–H groups in total. The highest BCUT2D eigenvalue weighted by molar-refractivity contribution is 9.11. The summed E-state index contributed by atoms with van der Waals surface area (Å²) in [5.74, 6) is -2.65. The third-order valence-corrected chi connectivity index (χ3v) is 4.10. The Balaban J connectivity index is 2.28. The van der Waals surface area contributed by atoms with Crippen molar-refractivity contribution in [2.24, 2.45) is 0 Å². The van der Waals surface area contributed by atoms with Gasteiger partial charge in [0.2, 0.25) is 0 Å². The van der Waals surface area contributed by atoms with Gasteiger partial charge in [0.25, 0.3) is 0 Å². The quantitative estimate of drug-likeness (QED) is 0.305. The van der Waals surface area contributed by atoms with Gasteiger partial charge in [0.05, 0.1) is 15.5 Å². The van der Waals surface area contributed by atoms with E-state index in [1.165, 1.54) is 6.07 Å². The number of halogens is 5. The van der Waals surface area contributed by atoms with E-state index in [2.05, 4.69) is 46.6 Å². The van der Waals surface area contributed by atoms with Gasteiger partial charge in [0.1, 0.15) is 11.0 Å². The molecule has 0 saturated heterocycles. The molecule has 3 aromatic rings. The number of rotatable bonds is 1. The number of hydrogen-bond donors (Lipinski definition) is 0. The van der Waals surface area contributed by atoms with Crippen molar-refractivity contribution in [1.82, 2.24) is 9.97 Å². The number of hydrogen-bond acceptors (Lipinski definition) is 4. The van der Waals surface area contributed by atoms with Crippen LogP contribution < -0.4 is 4.74 Å². The summed E-state index contributed by atoms with van der Waals surface area (Å²) >= 11 is 6.36. The van der Waals surface area contributed by atoms with Gasteiger partial charge >= 0.3 is 12.1 Å². The molecule has 118 valence electrons. The van der Waals surface area contributed by atoms with Crippen LogP contribution in [0.1, 0.15) is 0 Å². The monoisotopic (exact) mass is 448 g/mol. The van der Waals surface area contributed by atoms with Crippen molar-refractivity contribution in [3.63, 3.8) is 0 Å². The zero-order chi connectivity index (χ0) is 16.8. The van der Waals surface area contributed by atoms with Crippen molar-refractivity contribution in [3.05, 3.63) is 39.3 Å². The van der Waals surface area contributed by atoms with Gasteiger partial charge in [0.15, 0.2) is 5.75 Å². The predicted molar refractivity (Wildman–Crippen MR) is 84.1 cm³/mol. The Labute approximate surface area is 143 Å². The van der Waals surface area contributed by atoms with Crippen LogP contribution in [0.3, 0.4) is 0 Å². The van der Waals surface area contributed by atoms with Crippen LogP contribution in [0, 0.1) is 0 Å². The van der Waals surface area contributed by atoms with E-state index in [9.17, 15) is 18.0 Å². The van der Waals surface area contributed by atoms with Crippen molar-refractivity contribution >= 4 is 59.9 Å². The topological polar surface area (TPSA) is 52.1 Å². The Morgan fingerprint density at radius 1 is 1.00 bits per heavy atom. The molecule has 0 spiro atoms. The van der Waals surface area contributed by atoms with Gasteiger partial charge in [-0.1, -0.05) is 12.1 Å². The van der Waals surface area contributed by atoms with E-state index in [1.807, 2.05) is 0 Å². The number of esters is 1. The lowest BCUT2D eigenvalue weighted by Gasteiger charge is -2.12. The Kier molecular flexibility index (Phi) is 4.01. The Hall–Kier alpha value is -1.74. The maximum atomic E-state index is 12.5. The summed E-state index contributed by atoms with van der Waals surface area (Å²) in [6.07, 6.45) is -5.11. The number of ether oxygens (including phenoxy) is 1. The Morgan fingerprint density at radius 2 is 1.57 bits per heavy atom. The normalized spacial score (nSPS) is 11.9. The van der Waals surface area contributed by atoms with Crippen LogP contribution in [0.4, 0.5) is 13.2 Å². The Bertz CT molecular complexity index is 945. The number of nitrogens with zero attached hydrogens (tertiary/aromatic N) is 2. The third kappa shape index (κ3) is 3.02. The number of fused-ring (bicyclic) bond motifs is 2. The maximum Gasteiger partial charge on any atom is 0.491 e. The van der Waals surface area contributed by atoms with Gasteiger partial charge in [-0.15, -0.1) is 0 Å². The molecular formula is C14H5Br2F3N2O2. The van der Waals surface area contributed by atoms with Crippen molar-refractivity contribution in [1.29, 1.82) is 0 Å². The van der Waals surface area contributed by atoms with Crippen LogP contribution in [-0.4, -0.2) is 22.1 Å². The van der Waals surface area contributed by atoms with Crippen molar-refractivity contribution in [3.8, 4) is 5.75 Å².